The largest absolute Gasteiger partial charge is 0.385 e. The van der Waals surface area contributed by atoms with Crippen LogP contribution in [0.5, 0.6) is 0 Å². The molecule has 1 aromatic carbocycles. The van der Waals surface area contributed by atoms with Crippen LogP contribution in [0.3, 0.4) is 0 Å². The molecule has 7 heteroatoms. The zero-order valence-corrected chi connectivity index (χ0v) is 11.4. The third kappa shape index (κ3) is 2.93. The molecule has 0 saturated carbocycles. The van der Waals surface area contributed by atoms with Crippen molar-refractivity contribution in [1.29, 1.82) is 0 Å². The molecule has 0 aliphatic carbocycles. The second kappa shape index (κ2) is 6.14. The molecule has 0 aliphatic rings. The molecule has 0 fully saturated rings. The highest BCUT2D eigenvalue weighted by Gasteiger charge is 2.13. The minimum atomic E-state index is -0.451. The molecule has 0 spiro atoms. The van der Waals surface area contributed by atoms with Crippen molar-refractivity contribution in [2.45, 2.75) is 6.42 Å². The van der Waals surface area contributed by atoms with Crippen molar-refractivity contribution in [1.82, 2.24) is 20.1 Å². The molecule has 6 nitrogen and oxygen atoms in total. The summed E-state index contributed by atoms with van der Waals surface area (Å²) < 4.78 is 15.3. The van der Waals surface area contributed by atoms with Gasteiger partial charge in [-0.3, -0.25) is 4.79 Å². The Morgan fingerprint density at radius 3 is 2.90 bits per heavy atom. The van der Waals surface area contributed by atoms with Crippen molar-refractivity contribution in [2.75, 3.05) is 18.9 Å². The summed E-state index contributed by atoms with van der Waals surface area (Å²) in [5.74, 6) is 0.00264. The molecule has 2 N–H and O–H groups in total. The number of nitrogens with one attached hydrogen (secondary N) is 2. The van der Waals surface area contributed by atoms with E-state index in [1.165, 1.54) is 12.1 Å². The van der Waals surface area contributed by atoms with Crippen molar-refractivity contribution in [3.05, 3.63) is 41.7 Å². The number of halogens is 1. The molecule has 2 rings (SSSR count). The number of aryl methyl sites for hydroxylation is 1. The van der Waals surface area contributed by atoms with Gasteiger partial charge < -0.3 is 15.2 Å². The molecule has 0 aliphatic heterocycles. The molecule has 20 heavy (non-hydrogen) atoms. The van der Waals surface area contributed by atoms with Gasteiger partial charge in [-0.15, -0.1) is 10.2 Å². The van der Waals surface area contributed by atoms with E-state index in [1.54, 1.807) is 24.0 Å². The summed E-state index contributed by atoms with van der Waals surface area (Å²) in [6, 6.07) is 4.39. The van der Waals surface area contributed by atoms with Crippen LogP contribution in [0.2, 0.25) is 0 Å². The second-order valence-electron chi connectivity index (χ2n) is 4.28. The monoisotopic (exact) mass is 277 g/mol. The smallest absolute Gasteiger partial charge is 0.253 e. The number of amides is 1. The Balaban J connectivity index is 1.99. The number of carbonyl (C=O) groups is 1. The molecule has 0 bridgehead atoms. The van der Waals surface area contributed by atoms with E-state index in [2.05, 4.69) is 20.8 Å². The number of aromatic nitrogens is 3. The van der Waals surface area contributed by atoms with Crippen LogP contribution in [0.4, 0.5) is 10.1 Å². The third-order valence-electron chi connectivity index (χ3n) is 2.95. The lowest BCUT2D eigenvalue weighted by atomic mass is 10.1. The zero-order chi connectivity index (χ0) is 14.5. The maximum absolute atomic E-state index is 13.5. The SMILES string of the molecule is CNc1c(F)cccc1C(=O)NCCc1nncn1C. The molecule has 1 amide bonds. The first-order chi connectivity index (χ1) is 9.63. The highest BCUT2D eigenvalue weighted by atomic mass is 19.1. The van der Waals surface area contributed by atoms with E-state index in [0.29, 0.717) is 13.0 Å². The van der Waals surface area contributed by atoms with Gasteiger partial charge in [0.05, 0.1) is 11.3 Å². The quantitative estimate of drug-likeness (QED) is 0.854. The average molecular weight is 277 g/mol. The van der Waals surface area contributed by atoms with E-state index >= 15 is 0 Å². The lowest BCUT2D eigenvalue weighted by molar-refractivity contribution is 0.0954. The van der Waals surface area contributed by atoms with Crippen molar-refractivity contribution in [3.8, 4) is 0 Å². The van der Waals surface area contributed by atoms with Crippen LogP contribution in [0.25, 0.3) is 0 Å². The normalized spacial score (nSPS) is 10.3. The summed E-state index contributed by atoms with van der Waals surface area (Å²) in [5.41, 5.74) is 0.481. The van der Waals surface area contributed by atoms with E-state index in [-0.39, 0.29) is 17.2 Å². The van der Waals surface area contributed by atoms with Gasteiger partial charge in [0, 0.05) is 27.1 Å². The molecular formula is C13H16FN5O. The van der Waals surface area contributed by atoms with Gasteiger partial charge in [-0.05, 0) is 12.1 Å². The van der Waals surface area contributed by atoms with Gasteiger partial charge >= 0.3 is 0 Å². The van der Waals surface area contributed by atoms with Gasteiger partial charge in [0.1, 0.15) is 18.0 Å². The fourth-order valence-electron chi connectivity index (χ4n) is 1.88. The van der Waals surface area contributed by atoms with E-state index in [1.807, 2.05) is 7.05 Å². The summed E-state index contributed by atoms with van der Waals surface area (Å²) in [6.07, 6.45) is 2.16. The molecule has 1 aromatic heterocycles. The maximum Gasteiger partial charge on any atom is 0.253 e. The number of nitrogens with zero attached hydrogens (tertiary/aromatic N) is 3. The van der Waals surface area contributed by atoms with Crippen LogP contribution in [-0.2, 0) is 13.5 Å². The van der Waals surface area contributed by atoms with Gasteiger partial charge in [0.15, 0.2) is 0 Å². The molecule has 1 heterocycles. The van der Waals surface area contributed by atoms with Crippen molar-refractivity contribution in [2.24, 2.45) is 7.05 Å². The van der Waals surface area contributed by atoms with Crippen LogP contribution < -0.4 is 10.6 Å². The van der Waals surface area contributed by atoms with Crippen LogP contribution in [-0.4, -0.2) is 34.3 Å². The number of benzene rings is 1. The van der Waals surface area contributed by atoms with Crippen molar-refractivity contribution < 1.29 is 9.18 Å². The summed E-state index contributed by atoms with van der Waals surface area (Å²) >= 11 is 0. The Hall–Kier alpha value is -2.44. The first kappa shape index (κ1) is 14.0. The average Bonchev–Trinajstić information content (AvgIpc) is 2.84. The van der Waals surface area contributed by atoms with Crippen LogP contribution in [0.15, 0.2) is 24.5 Å². The number of rotatable bonds is 5. The lowest BCUT2D eigenvalue weighted by Crippen LogP contribution is -2.27. The number of para-hydroxylation sites is 1. The Morgan fingerprint density at radius 1 is 1.45 bits per heavy atom. The number of carbonyl (C=O) groups excluding carboxylic acids is 1. The number of hydrogen-bond acceptors (Lipinski definition) is 4. The lowest BCUT2D eigenvalue weighted by Gasteiger charge is -2.10. The summed E-state index contributed by atoms with van der Waals surface area (Å²) in [6.45, 7) is 0.408. The van der Waals surface area contributed by atoms with Gasteiger partial charge in [0.25, 0.3) is 5.91 Å². The topological polar surface area (TPSA) is 71.8 Å². The van der Waals surface area contributed by atoms with E-state index in [0.717, 1.165) is 5.82 Å². The first-order valence-corrected chi connectivity index (χ1v) is 6.21. The molecule has 0 radical (unpaired) electrons. The fourth-order valence-corrected chi connectivity index (χ4v) is 1.88. The van der Waals surface area contributed by atoms with E-state index in [4.69, 9.17) is 0 Å². The number of hydrogen-bond donors (Lipinski definition) is 2. The third-order valence-corrected chi connectivity index (χ3v) is 2.95. The molecular weight excluding hydrogens is 261 g/mol. The van der Waals surface area contributed by atoms with Gasteiger partial charge in [-0.25, -0.2) is 4.39 Å². The minimum Gasteiger partial charge on any atom is -0.385 e. The van der Waals surface area contributed by atoms with Crippen molar-refractivity contribution in [3.63, 3.8) is 0 Å². The predicted octanol–water partition coefficient (Wildman–Crippen LogP) is 0.968. The number of anilines is 1. The Kier molecular flexibility index (Phi) is 4.29. The molecule has 0 atom stereocenters. The highest BCUT2D eigenvalue weighted by molar-refractivity contribution is 5.99. The summed E-state index contributed by atoms with van der Waals surface area (Å²) in [5, 5.41) is 13.1. The minimum absolute atomic E-state index is 0.198. The predicted molar refractivity (Wildman–Crippen MR) is 73.0 cm³/mol. The van der Waals surface area contributed by atoms with Gasteiger partial charge in [-0.1, -0.05) is 6.07 Å². The maximum atomic E-state index is 13.5. The van der Waals surface area contributed by atoms with Crippen LogP contribution >= 0.6 is 0 Å². The van der Waals surface area contributed by atoms with E-state index < -0.39 is 5.82 Å². The van der Waals surface area contributed by atoms with E-state index in [9.17, 15) is 9.18 Å². The molecule has 0 unspecified atom stereocenters. The van der Waals surface area contributed by atoms with Crippen molar-refractivity contribution >= 4 is 11.6 Å². The van der Waals surface area contributed by atoms with Crippen LogP contribution in [0.1, 0.15) is 16.2 Å². The standard InChI is InChI=1S/C13H16FN5O/c1-15-12-9(4-3-5-10(12)14)13(20)16-7-6-11-18-17-8-19(11)2/h3-5,8,15H,6-7H2,1-2H3,(H,16,20). The Bertz CT molecular complexity index is 611. The molecule has 106 valence electrons. The molecule has 0 saturated heterocycles. The van der Waals surface area contributed by atoms with Crippen LogP contribution in [0, 0.1) is 5.82 Å². The Labute approximate surface area is 116 Å². The Morgan fingerprint density at radius 2 is 2.25 bits per heavy atom. The fraction of sp³-hybridized carbons (Fsp3) is 0.308. The highest BCUT2D eigenvalue weighted by Crippen LogP contribution is 2.18. The zero-order valence-electron chi connectivity index (χ0n) is 11.4. The van der Waals surface area contributed by atoms with Gasteiger partial charge in [0.2, 0.25) is 0 Å². The molecule has 2 aromatic rings. The first-order valence-electron chi connectivity index (χ1n) is 6.21. The van der Waals surface area contributed by atoms with Gasteiger partial charge in [-0.2, -0.15) is 0 Å². The summed E-state index contributed by atoms with van der Waals surface area (Å²) in [4.78, 5) is 12.0. The summed E-state index contributed by atoms with van der Waals surface area (Å²) in [7, 11) is 3.41. The second-order valence-corrected chi connectivity index (χ2v) is 4.28.